The standard InChI is InChI=1S/C17H11ClF3NO2S.C17H11ClF3NS/c1-8-16(18)15-12(21)6-10(20)7-13(15)22-17(8)11-5-9(19)3-4-14(11)25(2,23)24;1-8-16(18)15-12(21)6-10(20)7-13(15)22-17(8)11-5-9(19)3-4-14(11)23-2/h3-7H,1-2H3;3-7H,1-2H3. The van der Waals surface area contributed by atoms with Gasteiger partial charge in [0.25, 0.3) is 0 Å². The molecule has 2 heterocycles. The zero-order valence-electron chi connectivity index (χ0n) is 25.3. The van der Waals surface area contributed by atoms with Gasteiger partial charge in [0.15, 0.2) is 9.84 Å². The van der Waals surface area contributed by atoms with Gasteiger partial charge >= 0.3 is 0 Å². The second-order valence-electron chi connectivity index (χ2n) is 10.6. The third kappa shape index (κ3) is 6.84. The van der Waals surface area contributed by atoms with Crippen LogP contribution in [0.4, 0.5) is 26.3 Å². The molecule has 6 aromatic rings. The molecule has 0 aliphatic heterocycles. The molecule has 248 valence electrons. The molecule has 0 fully saturated rings. The Labute approximate surface area is 285 Å². The molecular formula is C34H22Cl2F6N2O2S2. The van der Waals surface area contributed by atoms with Gasteiger partial charge in [-0.15, -0.1) is 11.8 Å². The molecule has 0 radical (unpaired) electrons. The van der Waals surface area contributed by atoms with Crippen LogP contribution < -0.4 is 0 Å². The summed E-state index contributed by atoms with van der Waals surface area (Å²) in [6, 6.07) is 11.0. The lowest BCUT2D eigenvalue weighted by Gasteiger charge is -2.14. The van der Waals surface area contributed by atoms with E-state index in [1.54, 1.807) is 13.0 Å². The summed E-state index contributed by atoms with van der Waals surface area (Å²) in [5.74, 6) is -4.34. The van der Waals surface area contributed by atoms with E-state index in [0.717, 1.165) is 47.5 Å². The van der Waals surface area contributed by atoms with Gasteiger partial charge in [-0.1, -0.05) is 23.2 Å². The van der Waals surface area contributed by atoms with Crippen molar-refractivity contribution in [2.24, 2.45) is 0 Å². The Morgan fingerprint density at radius 2 is 1.06 bits per heavy atom. The van der Waals surface area contributed by atoms with Crippen molar-refractivity contribution in [3.63, 3.8) is 0 Å². The highest BCUT2D eigenvalue weighted by molar-refractivity contribution is 7.98. The molecule has 0 unspecified atom stereocenters. The van der Waals surface area contributed by atoms with Crippen LogP contribution in [-0.4, -0.2) is 30.9 Å². The molecule has 0 aliphatic rings. The predicted octanol–water partition coefficient (Wildman–Crippen LogP) is 10.7. The molecule has 0 amide bonds. The SMILES string of the molecule is CSc1ccc(F)cc1-c1nc2cc(F)cc(F)c2c(Cl)c1C.Cc1c(-c2cc(F)ccc2S(C)(=O)=O)nc2cc(F)cc(F)c2c1Cl. The highest BCUT2D eigenvalue weighted by atomic mass is 35.5. The van der Waals surface area contributed by atoms with Crippen LogP contribution in [0, 0.1) is 48.8 Å². The van der Waals surface area contributed by atoms with Gasteiger partial charge in [0.2, 0.25) is 0 Å². The molecule has 2 aromatic heterocycles. The van der Waals surface area contributed by atoms with Crippen LogP contribution in [0.15, 0.2) is 70.5 Å². The van der Waals surface area contributed by atoms with Gasteiger partial charge in [-0.05, 0) is 67.6 Å². The Morgan fingerprint density at radius 3 is 1.52 bits per heavy atom. The Hall–Kier alpha value is -3.84. The summed E-state index contributed by atoms with van der Waals surface area (Å²) < 4.78 is 106. The summed E-state index contributed by atoms with van der Waals surface area (Å²) in [5, 5.41) is 0.0954. The van der Waals surface area contributed by atoms with E-state index in [2.05, 4.69) is 9.97 Å². The summed E-state index contributed by atoms with van der Waals surface area (Å²) in [7, 11) is -3.70. The van der Waals surface area contributed by atoms with Gasteiger partial charge in [-0.25, -0.2) is 44.7 Å². The first kappa shape index (κ1) is 35.5. The van der Waals surface area contributed by atoms with E-state index in [4.69, 9.17) is 23.2 Å². The number of hydrogen-bond donors (Lipinski definition) is 0. The number of nitrogens with zero attached hydrogens (tertiary/aromatic N) is 2. The lowest BCUT2D eigenvalue weighted by molar-refractivity contribution is 0.590. The Kier molecular flexibility index (Phi) is 10.0. The molecule has 0 aliphatic carbocycles. The molecule has 48 heavy (non-hydrogen) atoms. The lowest BCUT2D eigenvalue weighted by atomic mass is 10.0. The van der Waals surface area contributed by atoms with Crippen LogP contribution in [0.2, 0.25) is 10.0 Å². The van der Waals surface area contributed by atoms with Crippen molar-refractivity contribution in [2.75, 3.05) is 12.5 Å². The first-order valence-corrected chi connectivity index (χ1v) is 17.6. The fourth-order valence-corrected chi connectivity index (χ4v) is 7.13. The molecule has 0 saturated carbocycles. The van der Waals surface area contributed by atoms with E-state index in [-0.39, 0.29) is 53.6 Å². The topological polar surface area (TPSA) is 59.9 Å². The zero-order valence-corrected chi connectivity index (χ0v) is 28.5. The average Bonchev–Trinajstić information content (AvgIpc) is 2.99. The molecule has 0 saturated heterocycles. The minimum absolute atomic E-state index is 0.0199. The van der Waals surface area contributed by atoms with Crippen molar-refractivity contribution in [3.8, 4) is 22.5 Å². The van der Waals surface area contributed by atoms with E-state index >= 15 is 0 Å². The number of pyridine rings is 2. The number of thioether (sulfide) groups is 1. The molecule has 0 spiro atoms. The summed E-state index contributed by atoms with van der Waals surface area (Å²) in [4.78, 5) is 9.12. The minimum Gasteiger partial charge on any atom is -0.247 e. The molecule has 4 nitrogen and oxygen atoms in total. The monoisotopic (exact) mass is 738 g/mol. The maximum absolute atomic E-state index is 14.0. The van der Waals surface area contributed by atoms with Gasteiger partial charge in [0.05, 0.1) is 48.1 Å². The number of sulfone groups is 1. The number of halogens is 8. The third-order valence-corrected chi connectivity index (χ3v) is 10.2. The van der Waals surface area contributed by atoms with E-state index in [1.165, 1.54) is 30.8 Å². The first-order chi connectivity index (χ1) is 22.5. The largest absolute Gasteiger partial charge is 0.247 e. The molecule has 14 heteroatoms. The van der Waals surface area contributed by atoms with Gasteiger partial charge in [0.1, 0.15) is 34.9 Å². The van der Waals surface area contributed by atoms with Crippen molar-refractivity contribution >= 4 is 66.6 Å². The molecule has 0 N–H and O–H groups in total. The van der Waals surface area contributed by atoms with Crippen LogP contribution in [0.5, 0.6) is 0 Å². The van der Waals surface area contributed by atoms with E-state index in [9.17, 15) is 34.8 Å². The number of rotatable bonds is 4. The van der Waals surface area contributed by atoms with Crippen LogP contribution in [0.25, 0.3) is 44.3 Å². The van der Waals surface area contributed by atoms with Gasteiger partial charge in [-0.3, -0.25) is 0 Å². The second kappa shape index (κ2) is 13.6. The maximum atomic E-state index is 14.0. The summed E-state index contributed by atoms with van der Waals surface area (Å²) in [6.45, 7) is 3.19. The normalized spacial score (nSPS) is 11.6. The summed E-state index contributed by atoms with van der Waals surface area (Å²) >= 11 is 13.9. The van der Waals surface area contributed by atoms with Crippen LogP contribution in [-0.2, 0) is 9.84 Å². The Balaban J connectivity index is 0.000000188. The number of fused-ring (bicyclic) bond motifs is 2. The number of hydrogen-bond acceptors (Lipinski definition) is 5. The maximum Gasteiger partial charge on any atom is 0.176 e. The Bertz CT molecular complexity index is 2390. The van der Waals surface area contributed by atoms with Gasteiger partial charge in [-0.2, -0.15) is 0 Å². The first-order valence-electron chi connectivity index (χ1n) is 13.7. The zero-order chi connectivity index (χ0) is 35.2. The fourth-order valence-electron chi connectivity index (χ4n) is 5.12. The second-order valence-corrected chi connectivity index (χ2v) is 14.2. The molecule has 0 bridgehead atoms. The minimum atomic E-state index is -3.70. The molecule has 6 rings (SSSR count). The van der Waals surface area contributed by atoms with Gasteiger partial charge in [0, 0.05) is 46.5 Å². The van der Waals surface area contributed by atoms with Crippen molar-refractivity contribution in [2.45, 2.75) is 23.6 Å². The highest BCUT2D eigenvalue weighted by Crippen LogP contribution is 2.39. The molecule has 4 aromatic carbocycles. The third-order valence-electron chi connectivity index (χ3n) is 7.35. The number of benzene rings is 4. The highest BCUT2D eigenvalue weighted by Gasteiger charge is 2.22. The fraction of sp³-hybridized carbons (Fsp3) is 0.118. The van der Waals surface area contributed by atoms with E-state index < -0.39 is 44.7 Å². The Morgan fingerprint density at radius 1 is 0.625 bits per heavy atom. The summed E-state index contributed by atoms with van der Waals surface area (Å²) in [5.41, 5.74) is 1.77. The van der Waals surface area contributed by atoms with Crippen LogP contribution in [0.3, 0.4) is 0 Å². The van der Waals surface area contributed by atoms with Crippen LogP contribution in [0.1, 0.15) is 11.1 Å². The lowest BCUT2D eigenvalue weighted by Crippen LogP contribution is -2.03. The summed E-state index contributed by atoms with van der Waals surface area (Å²) in [6.07, 6.45) is 2.83. The smallest absolute Gasteiger partial charge is 0.176 e. The molecular weight excluding hydrogens is 717 g/mol. The predicted molar refractivity (Wildman–Crippen MR) is 178 cm³/mol. The quantitative estimate of drug-likeness (QED) is 0.102. The van der Waals surface area contributed by atoms with Crippen molar-refractivity contribution in [3.05, 3.63) is 117 Å². The molecule has 0 atom stereocenters. The van der Waals surface area contributed by atoms with Gasteiger partial charge < -0.3 is 0 Å². The van der Waals surface area contributed by atoms with Crippen molar-refractivity contribution in [1.29, 1.82) is 0 Å². The van der Waals surface area contributed by atoms with E-state index in [1.807, 2.05) is 6.26 Å². The van der Waals surface area contributed by atoms with Crippen LogP contribution >= 0.6 is 35.0 Å². The van der Waals surface area contributed by atoms with Crippen molar-refractivity contribution in [1.82, 2.24) is 9.97 Å². The number of aromatic nitrogens is 2. The van der Waals surface area contributed by atoms with E-state index in [0.29, 0.717) is 22.9 Å². The van der Waals surface area contributed by atoms with Crippen molar-refractivity contribution < 1.29 is 34.8 Å². The average molecular weight is 740 g/mol.